The molecule has 0 aromatic heterocycles. The van der Waals surface area contributed by atoms with Gasteiger partial charge in [0.25, 0.3) is 0 Å². The predicted octanol–water partition coefficient (Wildman–Crippen LogP) is 4.11. The van der Waals surface area contributed by atoms with E-state index in [4.69, 9.17) is 11.6 Å². The lowest BCUT2D eigenvalue weighted by molar-refractivity contribution is 0.0252. The summed E-state index contributed by atoms with van der Waals surface area (Å²) >= 11 is 5.75. The highest BCUT2D eigenvalue weighted by Gasteiger charge is 2.28. The minimum absolute atomic E-state index is 0.139. The molecule has 2 rings (SSSR count). The van der Waals surface area contributed by atoms with Gasteiger partial charge in [-0.15, -0.1) is 0 Å². The van der Waals surface area contributed by atoms with Crippen LogP contribution in [0.15, 0.2) is 18.2 Å². The molecule has 1 aromatic carbocycles. The fraction of sp³-hybridized carbons (Fsp3) is 0.571. The topological polar surface area (TPSA) is 20.2 Å². The molecular formula is C14H18ClFO. The maximum atomic E-state index is 13.0. The summed E-state index contributed by atoms with van der Waals surface area (Å²) in [5.41, 5.74) is 0.290. The highest BCUT2D eigenvalue weighted by Crippen LogP contribution is 2.31. The van der Waals surface area contributed by atoms with Crippen LogP contribution in [0.1, 0.15) is 44.1 Å². The second-order valence-corrected chi connectivity index (χ2v) is 5.47. The molecule has 17 heavy (non-hydrogen) atoms. The van der Waals surface area contributed by atoms with Crippen LogP contribution in [0.3, 0.4) is 0 Å². The van der Waals surface area contributed by atoms with Crippen LogP contribution in [0.2, 0.25) is 5.02 Å². The maximum absolute atomic E-state index is 13.0. The molecule has 0 spiro atoms. The van der Waals surface area contributed by atoms with Crippen LogP contribution in [0.4, 0.5) is 4.39 Å². The molecule has 1 nitrogen and oxygen atoms in total. The molecule has 0 saturated heterocycles. The van der Waals surface area contributed by atoms with E-state index in [2.05, 4.69) is 0 Å². The predicted molar refractivity (Wildman–Crippen MR) is 67.8 cm³/mol. The Balaban J connectivity index is 2.10. The van der Waals surface area contributed by atoms with Crippen LogP contribution in [-0.4, -0.2) is 10.7 Å². The molecule has 3 heteroatoms. The van der Waals surface area contributed by atoms with Gasteiger partial charge >= 0.3 is 0 Å². The van der Waals surface area contributed by atoms with E-state index in [1.54, 1.807) is 12.1 Å². The van der Waals surface area contributed by atoms with Crippen LogP contribution < -0.4 is 0 Å². The average molecular weight is 257 g/mol. The van der Waals surface area contributed by atoms with E-state index in [1.807, 2.05) is 0 Å². The van der Waals surface area contributed by atoms with Gasteiger partial charge < -0.3 is 5.11 Å². The number of hydrogen-bond donors (Lipinski definition) is 1. The Bertz CT molecular complexity index is 384. The van der Waals surface area contributed by atoms with E-state index in [9.17, 15) is 9.50 Å². The van der Waals surface area contributed by atoms with Crippen molar-refractivity contribution in [2.45, 2.75) is 50.5 Å². The van der Waals surface area contributed by atoms with Crippen molar-refractivity contribution in [1.29, 1.82) is 0 Å². The Kier molecular flexibility index (Phi) is 4.05. The standard InChI is InChI=1S/C14H18ClFO/c15-12-9-11(5-6-13(12)16)10-14(17)7-3-1-2-4-8-14/h5-6,9,17H,1-4,7-8,10H2. The number of halogens is 2. The normalized spacial score (nSPS) is 19.9. The van der Waals surface area contributed by atoms with Crippen molar-refractivity contribution in [2.24, 2.45) is 0 Å². The molecule has 0 heterocycles. The summed E-state index contributed by atoms with van der Waals surface area (Å²) in [6.07, 6.45) is 6.80. The van der Waals surface area contributed by atoms with Gasteiger partial charge in [-0.3, -0.25) is 0 Å². The minimum atomic E-state index is -0.627. The van der Waals surface area contributed by atoms with Gasteiger partial charge in [-0.05, 0) is 30.5 Å². The van der Waals surface area contributed by atoms with Crippen molar-refractivity contribution in [3.63, 3.8) is 0 Å². The fourth-order valence-electron chi connectivity index (χ4n) is 2.59. The van der Waals surface area contributed by atoms with Gasteiger partial charge in [0.1, 0.15) is 5.82 Å². The Labute approximate surface area is 107 Å². The summed E-state index contributed by atoms with van der Waals surface area (Å²) in [6, 6.07) is 4.71. The van der Waals surface area contributed by atoms with Crippen molar-refractivity contribution < 1.29 is 9.50 Å². The zero-order valence-electron chi connectivity index (χ0n) is 9.88. The zero-order valence-corrected chi connectivity index (χ0v) is 10.6. The lowest BCUT2D eigenvalue weighted by Gasteiger charge is -2.26. The lowest BCUT2D eigenvalue weighted by Crippen LogP contribution is -2.30. The molecule has 94 valence electrons. The summed E-state index contributed by atoms with van der Waals surface area (Å²) in [7, 11) is 0. The number of rotatable bonds is 2. The summed E-state index contributed by atoms with van der Waals surface area (Å²) in [5, 5.41) is 10.7. The van der Waals surface area contributed by atoms with Gasteiger partial charge in [0.05, 0.1) is 10.6 Å². The Morgan fingerprint density at radius 2 is 1.82 bits per heavy atom. The summed E-state index contributed by atoms with van der Waals surface area (Å²) in [5.74, 6) is -0.400. The van der Waals surface area contributed by atoms with E-state index < -0.39 is 11.4 Å². The number of aliphatic hydroxyl groups is 1. The third kappa shape index (κ3) is 3.43. The molecule has 0 amide bonds. The van der Waals surface area contributed by atoms with E-state index in [-0.39, 0.29) is 5.02 Å². The first-order valence-electron chi connectivity index (χ1n) is 6.25. The smallest absolute Gasteiger partial charge is 0.141 e. The first kappa shape index (κ1) is 12.8. The zero-order chi connectivity index (χ0) is 12.3. The van der Waals surface area contributed by atoms with Gasteiger partial charge in [-0.25, -0.2) is 4.39 Å². The van der Waals surface area contributed by atoms with Crippen LogP contribution in [-0.2, 0) is 6.42 Å². The first-order valence-corrected chi connectivity index (χ1v) is 6.63. The molecule has 0 aliphatic heterocycles. The molecule has 0 unspecified atom stereocenters. The van der Waals surface area contributed by atoms with E-state index in [0.29, 0.717) is 6.42 Å². The summed E-state index contributed by atoms with van der Waals surface area (Å²) in [4.78, 5) is 0. The second-order valence-electron chi connectivity index (χ2n) is 5.06. The van der Waals surface area contributed by atoms with Crippen molar-refractivity contribution in [1.82, 2.24) is 0 Å². The van der Waals surface area contributed by atoms with Crippen molar-refractivity contribution in [2.75, 3.05) is 0 Å². The molecule has 1 aliphatic rings. The maximum Gasteiger partial charge on any atom is 0.141 e. The lowest BCUT2D eigenvalue weighted by atomic mass is 9.87. The van der Waals surface area contributed by atoms with Gasteiger partial charge in [0.2, 0.25) is 0 Å². The highest BCUT2D eigenvalue weighted by atomic mass is 35.5. The second kappa shape index (κ2) is 5.36. The van der Waals surface area contributed by atoms with E-state index in [1.165, 1.54) is 18.9 Å². The van der Waals surface area contributed by atoms with Crippen LogP contribution in [0.25, 0.3) is 0 Å². The van der Waals surface area contributed by atoms with Crippen LogP contribution >= 0.6 is 11.6 Å². The average Bonchev–Trinajstić information content (AvgIpc) is 2.49. The Morgan fingerprint density at radius 1 is 1.18 bits per heavy atom. The Hall–Kier alpha value is -0.600. The highest BCUT2D eigenvalue weighted by molar-refractivity contribution is 6.30. The van der Waals surface area contributed by atoms with Crippen LogP contribution in [0, 0.1) is 5.82 Å². The minimum Gasteiger partial charge on any atom is -0.390 e. The largest absolute Gasteiger partial charge is 0.390 e. The monoisotopic (exact) mass is 256 g/mol. The molecule has 1 aromatic rings. The molecule has 1 fully saturated rings. The number of benzene rings is 1. The van der Waals surface area contributed by atoms with Gasteiger partial charge in [-0.2, -0.15) is 0 Å². The molecule has 1 saturated carbocycles. The SMILES string of the molecule is OC1(Cc2ccc(F)c(Cl)c2)CCCCCC1. The molecule has 0 radical (unpaired) electrons. The molecule has 0 bridgehead atoms. The summed E-state index contributed by atoms with van der Waals surface area (Å²) < 4.78 is 13.0. The molecule has 1 N–H and O–H groups in total. The fourth-order valence-corrected chi connectivity index (χ4v) is 2.80. The third-order valence-electron chi connectivity index (χ3n) is 3.55. The van der Waals surface area contributed by atoms with Crippen molar-refractivity contribution in [3.8, 4) is 0 Å². The van der Waals surface area contributed by atoms with Crippen molar-refractivity contribution >= 4 is 11.6 Å². The molecule has 1 aliphatic carbocycles. The third-order valence-corrected chi connectivity index (χ3v) is 3.84. The number of hydrogen-bond acceptors (Lipinski definition) is 1. The van der Waals surface area contributed by atoms with Gasteiger partial charge in [-0.1, -0.05) is 43.4 Å². The molecular weight excluding hydrogens is 239 g/mol. The first-order chi connectivity index (χ1) is 8.09. The van der Waals surface area contributed by atoms with Gasteiger partial charge in [0, 0.05) is 6.42 Å². The molecule has 0 atom stereocenters. The summed E-state index contributed by atoms with van der Waals surface area (Å²) in [6.45, 7) is 0. The van der Waals surface area contributed by atoms with Crippen LogP contribution in [0.5, 0.6) is 0 Å². The van der Waals surface area contributed by atoms with Gasteiger partial charge in [0.15, 0.2) is 0 Å². The quantitative estimate of drug-likeness (QED) is 0.790. The van der Waals surface area contributed by atoms with E-state index >= 15 is 0 Å². The Morgan fingerprint density at radius 3 is 2.41 bits per heavy atom. The van der Waals surface area contributed by atoms with Crippen molar-refractivity contribution in [3.05, 3.63) is 34.6 Å². The van der Waals surface area contributed by atoms with E-state index in [0.717, 1.165) is 31.2 Å².